The van der Waals surface area contributed by atoms with Gasteiger partial charge in [0, 0.05) is 29.6 Å². The van der Waals surface area contributed by atoms with Crippen molar-refractivity contribution in [3.05, 3.63) is 39.4 Å². The Morgan fingerprint density at radius 3 is 2.76 bits per heavy atom. The number of nitrogens with zero attached hydrogens (tertiary/aromatic N) is 1. The van der Waals surface area contributed by atoms with Crippen LogP contribution in [0.2, 0.25) is 0 Å². The molecule has 0 bridgehead atoms. The lowest BCUT2D eigenvalue weighted by molar-refractivity contribution is -0.384. The number of carbonyl (C=O) groups is 1. The number of halogens is 1. The zero-order valence-electron chi connectivity index (χ0n) is 12.0. The van der Waals surface area contributed by atoms with Crippen molar-refractivity contribution in [2.75, 3.05) is 5.88 Å². The van der Waals surface area contributed by atoms with E-state index in [2.05, 4.69) is 5.32 Å². The third-order valence-electron chi connectivity index (χ3n) is 3.96. The van der Waals surface area contributed by atoms with E-state index >= 15 is 0 Å². The third kappa shape index (κ3) is 3.94. The summed E-state index contributed by atoms with van der Waals surface area (Å²) in [6, 6.07) is 4.50. The van der Waals surface area contributed by atoms with Crippen molar-refractivity contribution in [1.29, 1.82) is 0 Å². The van der Waals surface area contributed by atoms with Crippen molar-refractivity contribution in [3.8, 4) is 0 Å². The molecule has 2 rings (SSSR count). The molecule has 6 heteroatoms. The highest BCUT2D eigenvalue weighted by molar-refractivity contribution is 6.18. The van der Waals surface area contributed by atoms with Gasteiger partial charge in [0.05, 0.1) is 4.92 Å². The maximum absolute atomic E-state index is 12.3. The minimum absolute atomic E-state index is 0.0577. The summed E-state index contributed by atoms with van der Waals surface area (Å²) in [7, 11) is 0. The molecule has 114 valence electrons. The highest BCUT2D eigenvalue weighted by Gasteiger charge is 2.26. The Bertz CT molecular complexity index is 548. The van der Waals surface area contributed by atoms with Crippen LogP contribution in [0.5, 0.6) is 0 Å². The first-order valence-electron chi connectivity index (χ1n) is 7.14. The van der Waals surface area contributed by atoms with Gasteiger partial charge in [0.1, 0.15) is 0 Å². The Kier molecular flexibility index (Phi) is 5.17. The second-order valence-electron chi connectivity index (χ2n) is 5.59. The van der Waals surface area contributed by atoms with E-state index in [0.717, 1.165) is 25.7 Å². The van der Waals surface area contributed by atoms with E-state index in [-0.39, 0.29) is 23.6 Å². The SMILES string of the molecule is Cc1cc(C(=O)NC2CCCCC2CCl)cc([N+](=O)[O-])c1. The van der Waals surface area contributed by atoms with Gasteiger partial charge in [0.2, 0.25) is 0 Å². The van der Waals surface area contributed by atoms with Gasteiger partial charge in [-0.2, -0.15) is 0 Å². The number of hydrogen-bond acceptors (Lipinski definition) is 3. The fourth-order valence-electron chi connectivity index (χ4n) is 2.83. The zero-order chi connectivity index (χ0) is 15.4. The first-order chi connectivity index (χ1) is 10.0. The summed E-state index contributed by atoms with van der Waals surface area (Å²) < 4.78 is 0. The highest BCUT2D eigenvalue weighted by Crippen LogP contribution is 2.26. The van der Waals surface area contributed by atoms with Crippen LogP contribution in [0.15, 0.2) is 18.2 Å². The zero-order valence-corrected chi connectivity index (χ0v) is 12.7. The fraction of sp³-hybridized carbons (Fsp3) is 0.533. The summed E-state index contributed by atoms with van der Waals surface area (Å²) >= 11 is 5.96. The maximum Gasteiger partial charge on any atom is 0.270 e. The van der Waals surface area contributed by atoms with Crippen molar-refractivity contribution >= 4 is 23.2 Å². The van der Waals surface area contributed by atoms with E-state index in [1.807, 2.05) is 0 Å². The predicted octanol–water partition coefficient (Wildman–Crippen LogP) is 3.43. The van der Waals surface area contributed by atoms with E-state index < -0.39 is 4.92 Å². The molecule has 5 nitrogen and oxygen atoms in total. The van der Waals surface area contributed by atoms with Crippen LogP contribution >= 0.6 is 11.6 Å². The lowest BCUT2D eigenvalue weighted by atomic mass is 9.85. The van der Waals surface area contributed by atoms with E-state index in [9.17, 15) is 14.9 Å². The molecule has 21 heavy (non-hydrogen) atoms. The first-order valence-corrected chi connectivity index (χ1v) is 7.67. The van der Waals surface area contributed by atoms with E-state index in [0.29, 0.717) is 17.0 Å². The van der Waals surface area contributed by atoms with E-state index in [1.54, 1.807) is 13.0 Å². The number of carbonyl (C=O) groups excluding carboxylic acids is 1. The van der Waals surface area contributed by atoms with Crippen LogP contribution in [0.25, 0.3) is 0 Å². The molecule has 0 aromatic heterocycles. The molecule has 1 N–H and O–H groups in total. The number of nitrogens with one attached hydrogen (secondary N) is 1. The topological polar surface area (TPSA) is 72.2 Å². The van der Waals surface area contributed by atoms with Crippen molar-refractivity contribution in [1.82, 2.24) is 5.32 Å². The molecule has 1 aromatic rings. The Morgan fingerprint density at radius 1 is 1.38 bits per heavy atom. The third-order valence-corrected chi connectivity index (χ3v) is 4.36. The molecule has 0 heterocycles. The Morgan fingerprint density at radius 2 is 2.10 bits per heavy atom. The summed E-state index contributed by atoms with van der Waals surface area (Å²) in [5.41, 5.74) is 0.977. The lowest BCUT2D eigenvalue weighted by Gasteiger charge is -2.30. The molecule has 1 aromatic carbocycles. The maximum atomic E-state index is 12.3. The largest absolute Gasteiger partial charge is 0.349 e. The summed E-state index contributed by atoms with van der Waals surface area (Å²) in [5.74, 6) is 0.548. The van der Waals surface area contributed by atoms with Crippen LogP contribution in [0.4, 0.5) is 5.69 Å². The van der Waals surface area contributed by atoms with Crippen molar-refractivity contribution < 1.29 is 9.72 Å². The average Bonchev–Trinajstić information content (AvgIpc) is 2.47. The molecule has 1 aliphatic rings. The number of aryl methyl sites for hydroxylation is 1. The average molecular weight is 311 g/mol. The molecule has 1 aliphatic carbocycles. The van der Waals surface area contributed by atoms with Gasteiger partial charge in [-0.3, -0.25) is 14.9 Å². The number of non-ortho nitro benzene ring substituents is 1. The van der Waals surface area contributed by atoms with Crippen LogP contribution in [0.1, 0.15) is 41.6 Å². The number of nitro benzene ring substituents is 1. The molecule has 1 saturated carbocycles. The van der Waals surface area contributed by atoms with Gasteiger partial charge >= 0.3 is 0 Å². The smallest absolute Gasteiger partial charge is 0.270 e. The number of hydrogen-bond donors (Lipinski definition) is 1. The first kappa shape index (κ1) is 15.8. The minimum Gasteiger partial charge on any atom is -0.349 e. The van der Waals surface area contributed by atoms with Crippen LogP contribution in [-0.4, -0.2) is 22.8 Å². The van der Waals surface area contributed by atoms with E-state index in [4.69, 9.17) is 11.6 Å². The molecule has 2 atom stereocenters. The normalized spacial score (nSPS) is 21.8. The van der Waals surface area contributed by atoms with Gasteiger partial charge in [-0.15, -0.1) is 11.6 Å². The molecule has 0 aliphatic heterocycles. The standard InChI is InChI=1S/C15H19ClN2O3/c1-10-6-12(8-13(7-10)18(20)21)15(19)17-14-5-3-2-4-11(14)9-16/h6-8,11,14H,2-5,9H2,1H3,(H,17,19). The van der Waals surface area contributed by atoms with E-state index in [1.165, 1.54) is 12.1 Å². The molecule has 0 spiro atoms. The van der Waals surface area contributed by atoms with Crippen molar-refractivity contribution in [3.63, 3.8) is 0 Å². The van der Waals surface area contributed by atoms with Crippen molar-refractivity contribution in [2.45, 2.75) is 38.6 Å². The Labute approximate surface area is 128 Å². The number of nitro groups is 1. The van der Waals surface area contributed by atoms with Gasteiger partial charge in [0.15, 0.2) is 0 Å². The molecule has 2 unspecified atom stereocenters. The summed E-state index contributed by atoms with van der Waals surface area (Å²) in [6.07, 6.45) is 4.14. The van der Waals surface area contributed by atoms with Gasteiger partial charge in [0.25, 0.3) is 11.6 Å². The molecule has 1 fully saturated rings. The second-order valence-corrected chi connectivity index (χ2v) is 5.90. The summed E-state index contributed by atoms with van der Waals surface area (Å²) in [5, 5.41) is 13.9. The van der Waals surface area contributed by atoms with Crippen LogP contribution in [-0.2, 0) is 0 Å². The summed E-state index contributed by atoms with van der Waals surface area (Å²) in [6.45, 7) is 1.74. The van der Waals surface area contributed by atoms with Crippen LogP contribution < -0.4 is 5.32 Å². The quantitative estimate of drug-likeness (QED) is 0.526. The number of rotatable bonds is 4. The fourth-order valence-corrected chi connectivity index (χ4v) is 3.20. The van der Waals surface area contributed by atoms with Gasteiger partial charge < -0.3 is 5.32 Å². The van der Waals surface area contributed by atoms with Crippen LogP contribution in [0, 0.1) is 23.0 Å². The van der Waals surface area contributed by atoms with Gasteiger partial charge in [-0.05, 0) is 37.3 Å². The molecular weight excluding hydrogens is 292 g/mol. The highest BCUT2D eigenvalue weighted by atomic mass is 35.5. The van der Waals surface area contributed by atoms with Gasteiger partial charge in [-0.25, -0.2) is 0 Å². The van der Waals surface area contributed by atoms with Gasteiger partial charge in [-0.1, -0.05) is 12.8 Å². The Hall–Kier alpha value is -1.62. The van der Waals surface area contributed by atoms with Crippen LogP contribution in [0.3, 0.4) is 0 Å². The summed E-state index contributed by atoms with van der Waals surface area (Å²) in [4.78, 5) is 22.7. The number of alkyl halides is 1. The number of amides is 1. The number of benzene rings is 1. The lowest BCUT2D eigenvalue weighted by Crippen LogP contribution is -2.42. The molecule has 0 radical (unpaired) electrons. The Balaban J connectivity index is 2.14. The molecule has 1 amide bonds. The molecule has 0 saturated heterocycles. The van der Waals surface area contributed by atoms with Crippen molar-refractivity contribution in [2.24, 2.45) is 5.92 Å². The second kappa shape index (κ2) is 6.89. The monoisotopic (exact) mass is 310 g/mol. The minimum atomic E-state index is -0.480. The predicted molar refractivity (Wildman–Crippen MR) is 81.8 cm³/mol. The molecular formula is C15H19ClN2O3.